The molecule has 6 heteroatoms. The van der Waals surface area contributed by atoms with E-state index in [1.807, 2.05) is 36.4 Å². The Bertz CT molecular complexity index is 818. The zero-order valence-electron chi connectivity index (χ0n) is 13.0. The lowest BCUT2D eigenvalue weighted by Crippen LogP contribution is -2.42. The summed E-state index contributed by atoms with van der Waals surface area (Å²) < 4.78 is 10.6. The first-order valence-electron chi connectivity index (χ1n) is 7.78. The van der Waals surface area contributed by atoms with E-state index in [0.29, 0.717) is 24.3 Å². The summed E-state index contributed by atoms with van der Waals surface area (Å²) in [7, 11) is 0. The van der Waals surface area contributed by atoms with Gasteiger partial charge in [-0.25, -0.2) is 0 Å². The molecule has 24 heavy (non-hydrogen) atoms. The Labute approximate surface area is 139 Å². The maximum Gasteiger partial charge on any atom is 0.244 e. The molecule has 0 aromatic heterocycles. The summed E-state index contributed by atoms with van der Waals surface area (Å²) in [4.78, 5) is 26.0. The molecule has 2 aliphatic heterocycles. The maximum absolute atomic E-state index is 12.6. The number of rotatable bonds is 3. The fourth-order valence-electron chi connectivity index (χ4n) is 2.94. The van der Waals surface area contributed by atoms with Crippen LogP contribution in [0.4, 0.5) is 11.4 Å². The zero-order chi connectivity index (χ0) is 16.5. The molecule has 2 aromatic rings. The standard InChI is InChI=1S/C18H16N2O4/c21-17-10-20(14-4-2-1-3-13(14)19-17)18(22)8-6-12-5-7-15-16(9-12)24-11-23-15/h1-5,7,9H,6,8,10-11H2,(H,19,21). The first-order chi connectivity index (χ1) is 11.7. The Kier molecular flexibility index (Phi) is 3.57. The minimum absolute atomic E-state index is 0.0526. The normalized spacial score (nSPS) is 15.0. The summed E-state index contributed by atoms with van der Waals surface area (Å²) in [6.07, 6.45) is 0.900. The molecule has 4 rings (SSSR count). The summed E-state index contributed by atoms with van der Waals surface area (Å²) in [5.74, 6) is 1.19. The van der Waals surface area contributed by atoms with E-state index >= 15 is 0 Å². The van der Waals surface area contributed by atoms with Gasteiger partial charge in [0.25, 0.3) is 0 Å². The molecule has 2 aliphatic rings. The average Bonchev–Trinajstić information content (AvgIpc) is 3.06. The van der Waals surface area contributed by atoms with Crippen molar-refractivity contribution in [3.63, 3.8) is 0 Å². The van der Waals surface area contributed by atoms with Crippen molar-refractivity contribution in [3.8, 4) is 11.5 Å². The van der Waals surface area contributed by atoms with Crippen LogP contribution in [0.1, 0.15) is 12.0 Å². The van der Waals surface area contributed by atoms with E-state index in [-0.39, 0.29) is 25.2 Å². The van der Waals surface area contributed by atoms with Crippen LogP contribution in [0.25, 0.3) is 0 Å². The molecular weight excluding hydrogens is 308 g/mol. The van der Waals surface area contributed by atoms with E-state index in [9.17, 15) is 9.59 Å². The molecule has 122 valence electrons. The molecule has 6 nitrogen and oxygen atoms in total. The predicted molar refractivity (Wildman–Crippen MR) is 88.3 cm³/mol. The maximum atomic E-state index is 12.6. The number of hydrogen-bond donors (Lipinski definition) is 1. The number of nitrogens with zero attached hydrogens (tertiary/aromatic N) is 1. The van der Waals surface area contributed by atoms with Crippen molar-refractivity contribution in [3.05, 3.63) is 48.0 Å². The second kappa shape index (κ2) is 5.88. The Morgan fingerprint density at radius 3 is 2.88 bits per heavy atom. The number of fused-ring (bicyclic) bond motifs is 2. The summed E-state index contributed by atoms with van der Waals surface area (Å²) in [5, 5.41) is 2.78. The van der Waals surface area contributed by atoms with Gasteiger partial charge in [-0.1, -0.05) is 18.2 Å². The molecule has 0 aliphatic carbocycles. The van der Waals surface area contributed by atoms with Gasteiger partial charge < -0.3 is 19.7 Å². The Morgan fingerprint density at radius 1 is 1.12 bits per heavy atom. The molecule has 0 saturated carbocycles. The highest BCUT2D eigenvalue weighted by Crippen LogP contribution is 2.33. The van der Waals surface area contributed by atoms with E-state index in [1.165, 1.54) is 0 Å². The van der Waals surface area contributed by atoms with Crippen molar-refractivity contribution in [2.24, 2.45) is 0 Å². The monoisotopic (exact) mass is 324 g/mol. The van der Waals surface area contributed by atoms with Crippen LogP contribution in [-0.4, -0.2) is 25.2 Å². The summed E-state index contributed by atoms with van der Waals surface area (Å²) in [6, 6.07) is 13.0. The topological polar surface area (TPSA) is 67.9 Å². The van der Waals surface area contributed by atoms with Gasteiger partial charge in [0.2, 0.25) is 18.6 Å². The molecule has 2 aromatic carbocycles. The first kappa shape index (κ1) is 14.6. The largest absolute Gasteiger partial charge is 0.454 e. The summed E-state index contributed by atoms with van der Waals surface area (Å²) in [6.45, 7) is 0.286. The van der Waals surface area contributed by atoms with Crippen molar-refractivity contribution in [2.75, 3.05) is 23.6 Å². The van der Waals surface area contributed by atoms with Crippen LogP contribution < -0.4 is 19.7 Å². The first-order valence-corrected chi connectivity index (χ1v) is 7.78. The quantitative estimate of drug-likeness (QED) is 0.941. The highest BCUT2D eigenvalue weighted by atomic mass is 16.7. The summed E-state index contributed by atoms with van der Waals surface area (Å²) >= 11 is 0. The van der Waals surface area contributed by atoms with E-state index in [0.717, 1.165) is 17.0 Å². The van der Waals surface area contributed by atoms with Crippen molar-refractivity contribution in [2.45, 2.75) is 12.8 Å². The zero-order valence-corrected chi connectivity index (χ0v) is 13.0. The highest BCUT2D eigenvalue weighted by molar-refractivity contribution is 6.09. The molecule has 0 bridgehead atoms. The average molecular weight is 324 g/mol. The van der Waals surface area contributed by atoms with Crippen LogP contribution in [0, 0.1) is 0 Å². The molecule has 2 heterocycles. The molecule has 0 fully saturated rings. The third-order valence-electron chi connectivity index (χ3n) is 4.14. The van der Waals surface area contributed by atoms with E-state index < -0.39 is 0 Å². The third kappa shape index (κ3) is 2.67. The van der Waals surface area contributed by atoms with E-state index in [4.69, 9.17) is 9.47 Å². The number of carbonyl (C=O) groups excluding carboxylic acids is 2. The van der Waals surface area contributed by atoms with Gasteiger partial charge in [0.1, 0.15) is 6.54 Å². The van der Waals surface area contributed by atoms with Crippen molar-refractivity contribution < 1.29 is 19.1 Å². The third-order valence-corrected chi connectivity index (χ3v) is 4.14. The van der Waals surface area contributed by atoms with Gasteiger partial charge in [-0.2, -0.15) is 0 Å². The molecule has 0 saturated heterocycles. The van der Waals surface area contributed by atoms with Crippen LogP contribution in [0.15, 0.2) is 42.5 Å². The number of carbonyl (C=O) groups is 2. The number of anilines is 2. The molecule has 0 spiro atoms. The number of ether oxygens (including phenoxy) is 2. The molecule has 0 radical (unpaired) electrons. The number of para-hydroxylation sites is 2. The second-order valence-corrected chi connectivity index (χ2v) is 5.73. The molecule has 1 N–H and O–H groups in total. The lowest BCUT2D eigenvalue weighted by molar-refractivity contribution is -0.121. The fourth-order valence-corrected chi connectivity index (χ4v) is 2.94. The van der Waals surface area contributed by atoms with Gasteiger partial charge in [0, 0.05) is 6.42 Å². The fraction of sp³-hybridized carbons (Fsp3) is 0.222. The molecule has 0 atom stereocenters. The predicted octanol–water partition coefficient (Wildman–Crippen LogP) is 2.33. The summed E-state index contributed by atoms with van der Waals surface area (Å²) in [5.41, 5.74) is 2.42. The SMILES string of the molecule is O=C1CN(C(=O)CCc2ccc3c(c2)OCO3)c2ccccc2N1. The van der Waals surface area contributed by atoms with Gasteiger partial charge in [-0.3, -0.25) is 9.59 Å². The Balaban J connectivity index is 1.48. The number of benzene rings is 2. The molecule has 2 amide bonds. The van der Waals surface area contributed by atoms with Crippen LogP contribution in [-0.2, 0) is 16.0 Å². The lowest BCUT2D eigenvalue weighted by Gasteiger charge is -2.29. The van der Waals surface area contributed by atoms with Gasteiger partial charge in [0.15, 0.2) is 11.5 Å². The van der Waals surface area contributed by atoms with Crippen LogP contribution in [0.3, 0.4) is 0 Å². The van der Waals surface area contributed by atoms with Gasteiger partial charge in [0.05, 0.1) is 11.4 Å². The van der Waals surface area contributed by atoms with Gasteiger partial charge in [-0.15, -0.1) is 0 Å². The van der Waals surface area contributed by atoms with Crippen LogP contribution in [0.2, 0.25) is 0 Å². The van der Waals surface area contributed by atoms with E-state index in [1.54, 1.807) is 11.0 Å². The van der Waals surface area contributed by atoms with Gasteiger partial charge in [-0.05, 0) is 36.2 Å². The van der Waals surface area contributed by atoms with Crippen LogP contribution in [0.5, 0.6) is 11.5 Å². The molecular formula is C18H16N2O4. The van der Waals surface area contributed by atoms with Crippen molar-refractivity contribution in [1.82, 2.24) is 0 Å². The number of hydrogen-bond acceptors (Lipinski definition) is 4. The highest BCUT2D eigenvalue weighted by Gasteiger charge is 2.26. The minimum Gasteiger partial charge on any atom is -0.454 e. The second-order valence-electron chi connectivity index (χ2n) is 5.73. The van der Waals surface area contributed by atoms with Crippen molar-refractivity contribution in [1.29, 1.82) is 0 Å². The van der Waals surface area contributed by atoms with E-state index in [2.05, 4.69) is 5.32 Å². The van der Waals surface area contributed by atoms with Crippen LogP contribution >= 0.6 is 0 Å². The lowest BCUT2D eigenvalue weighted by atomic mass is 10.1. The Morgan fingerprint density at radius 2 is 1.96 bits per heavy atom. The molecule has 0 unspecified atom stereocenters. The smallest absolute Gasteiger partial charge is 0.244 e. The number of amides is 2. The number of nitrogens with one attached hydrogen (secondary N) is 1. The number of aryl methyl sites for hydroxylation is 1. The van der Waals surface area contributed by atoms with Gasteiger partial charge >= 0.3 is 0 Å². The Hall–Kier alpha value is -3.02. The van der Waals surface area contributed by atoms with Crippen molar-refractivity contribution >= 4 is 23.2 Å². The minimum atomic E-state index is -0.176.